The van der Waals surface area contributed by atoms with Gasteiger partial charge < -0.3 is 19.3 Å². The second-order valence-corrected chi connectivity index (χ2v) is 11.0. The van der Waals surface area contributed by atoms with Crippen molar-refractivity contribution in [1.82, 2.24) is 24.9 Å². The number of carbonyl (C=O) groups is 1. The molecule has 0 bridgehead atoms. The Hall–Kier alpha value is -4.06. The number of rotatable bonds is 7. The monoisotopic (exact) mass is 582 g/mol. The van der Waals surface area contributed by atoms with Crippen LogP contribution >= 0.6 is 0 Å². The number of nitrogens with zero attached hydrogens (tertiary/aromatic N) is 5. The number of hydrogen-bond donors (Lipinski definition) is 1. The van der Waals surface area contributed by atoms with Crippen LogP contribution in [0.2, 0.25) is 0 Å². The predicted octanol–water partition coefficient (Wildman–Crippen LogP) is 5.81. The Kier molecular flexibility index (Phi) is 7.56. The normalized spacial score (nSPS) is 22.4. The van der Waals surface area contributed by atoms with E-state index >= 15 is 0 Å². The van der Waals surface area contributed by atoms with Gasteiger partial charge >= 0.3 is 6.18 Å². The second kappa shape index (κ2) is 11.3. The van der Waals surface area contributed by atoms with Gasteiger partial charge in [0.1, 0.15) is 12.7 Å². The summed E-state index contributed by atoms with van der Waals surface area (Å²) in [4.78, 5) is 23.5. The van der Waals surface area contributed by atoms with Crippen molar-refractivity contribution in [1.29, 1.82) is 0 Å². The van der Waals surface area contributed by atoms with Crippen LogP contribution in [0, 0.1) is 5.92 Å². The highest BCUT2D eigenvalue weighted by atomic mass is 19.4. The minimum Gasteiger partial charge on any atom is -0.347 e. The lowest BCUT2D eigenvalue weighted by atomic mass is 10.1. The predicted molar refractivity (Wildman–Crippen MR) is 149 cm³/mol. The fraction of sp³-hybridized carbons (Fsp3) is 0.400. The number of benzene rings is 2. The fourth-order valence-electron chi connectivity index (χ4n) is 5.62. The number of nitrogens with one attached hydrogen (secondary N) is 1. The molecule has 3 atom stereocenters. The Labute approximate surface area is 239 Å². The summed E-state index contributed by atoms with van der Waals surface area (Å²) in [5.41, 5.74) is 2.62. The van der Waals surface area contributed by atoms with Crippen LogP contribution in [0.3, 0.4) is 0 Å². The Morgan fingerprint density at radius 1 is 1.17 bits per heavy atom. The fourth-order valence-corrected chi connectivity index (χ4v) is 5.62. The molecule has 2 aromatic heterocycles. The highest BCUT2D eigenvalue weighted by Gasteiger charge is 2.43. The first-order chi connectivity index (χ1) is 20.1. The molecule has 3 heterocycles. The van der Waals surface area contributed by atoms with E-state index in [0.717, 1.165) is 16.6 Å². The van der Waals surface area contributed by atoms with Crippen LogP contribution in [-0.2, 0) is 17.9 Å². The molecule has 2 fully saturated rings. The number of likely N-dealkylation sites (tertiary alicyclic amines) is 1. The molecule has 42 heavy (non-hydrogen) atoms. The quantitative estimate of drug-likeness (QED) is 0.278. The molecule has 6 rings (SSSR count). The van der Waals surface area contributed by atoms with E-state index in [4.69, 9.17) is 4.52 Å². The minimum absolute atomic E-state index is 0.0354. The Morgan fingerprint density at radius 3 is 2.76 bits per heavy atom. The zero-order valence-electron chi connectivity index (χ0n) is 22.9. The molecule has 1 saturated carbocycles. The third-order valence-corrected chi connectivity index (χ3v) is 7.75. The van der Waals surface area contributed by atoms with Crippen LogP contribution in [0.1, 0.15) is 36.6 Å². The van der Waals surface area contributed by atoms with E-state index in [2.05, 4.69) is 20.4 Å². The Balaban J connectivity index is 1.25. The minimum atomic E-state index is -4.52. The van der Waals surface area contributed by atoms with Gasteiger partial charge in [-0.05, 0) is 49.6 Å². The van der Waals surface area contributed by atoms with Crippen molar-refractivity contribution in [2.75, 3.05) is 20.1 Å². The van der Waals surface area contributed by atoms with Crippen molar-refractivity contribution < 1.29 is 26.9 Å². The first-order valence-electron chi connectivity index (χ1n) is 13.9. The topological polar surface area (TPSA) is 88.6 Å². The van der Waals surface area contributed by atoms with Gasteiger partial charge in [0.15, 0.2) is 0 Å². The van der Waals surface area contributed by atoms with Crippen molar-refractivity contribution in [3.05, 3.63) is 66.1 Å². The Morgan fingerprint density at radius 2 is 1.98 bits per heavy atom. The largest absolute Gasteiger partial charge is 0.406 e. The van der Waals surface area contributed by atoms with Crippen molar-refractivity contribution in [3.63, 3.8) is 0 Å². The average Bonchev–Trinajstić information content (AvgIpc) is 3.53. The van der Waals surface area contributed by atoms with Crippen LogP contribution in [-0.4, -0.2) is 63.7 Å². The van der Waals surface area contributed by atoms with Gasteiger partial charge in [0, 0.05) is 36.5 Å². The second-order valence-electron chi connectivity index (χ2n) is 11.0. The number of halogens is 4. The summed E-state index contributed by atoms with van der Waals surface area (Å²) in [6.45, 7) is -0.358. The molecule has 1 saturated heterocycles. The van der Waals surface area contributed by atoms with Gasteiger partial charge in [0.05, 0.1) is 23.4 Å². The van der Waals surface area contributed by atoms with Crippen molar-refractivity contribution in [2.45, 2.75) is 50.6 Å². The highest BCUT2D eigenvalue weighted by Crippen LogP contribution is 2.47. The number of aromatic nitrogens is 3. The van der Waals surface area contributed by atoms with Gasteiger partial charge in [-0.2, -0.15) is 18.2 Å². The number of hydrogen-bond acceptors (Lipinski definition) is 6. The summed E-state index contributed by atoms with van der Waals surface area (Å²) >= 11 is 0. The molecular weight excluding hydrogens is 552 g/mol. The third-order valence-electron chi connectivity index (χ3n) is 7.75. The van der Waals surface area contributed by atoms with Gasteiger partial charge in [-0.25, -0.2) is 4.39 Å². The molecule has 4 aromatic rings. The SMILES string of the molecule is CN1CCC(=Nc2cccc3c2cc(-c2noc(CNC(=O)[C@H]4C[C@@H]4c4ccccc4)n2)n3CC(F)(F)F)C[C@@H](F)C1. The molecule has 8 nitrogen and oxygen atoms in total. The number of fused-ring (bicyclic) bond motifs is 1. The van der Waals surface area contributed by atoms with E-state index in [9.17, 15) is 22.4 Å². The van der Waals surface area contributed by atoms with Crippen molar-refractivity contribution >= 4 is 28.2 Å². The van der Waals surface area contributed by atoms with E-state index in [1.54, 1.807) is 24.3 Å². The summed E-state index contributed by atoms with van der Waals surface area (Å²) in [7, 11) is 1.84. The van der Waals surface area contributed by atoms with Gasteiger partial charge in [-0.15, -0.1) is 0 Å². The van der Waals surface area contributed by atoms with E-state index in [1.807, 2.05) is 42.3 Å². The molecule has 0 radical (unpaired) electrons. The molecule has 2 aliphatic rings. The molecule has 0 unspecified atom stereocenters. The number of amides is 1. The summed E-state index contributed by atoms with van der Waals surface area (Å²) < 4.78 is 61.8. The maximum atomic E-state index is 14.4. The third kappa shape index (κ3) is 6.23. The average molecular weight is 583 g/mol. The first kappa shape index (κ1) is 28.1. The lowest BCUT2D eigenvalue weighted by Gasteiger charge is -2.12. The molecule has 220 valence electrons. The van der Waals surface area contributed by atoms with Crippen LogP contribution < -0.4 is 5.32 Å². The maximum Gasteiger partial charge on any atom is 0.406 e. The molecule has 1 N–H and O–H groups in total. The van der Waals surface area contributed by atoms with E-state index in [0.29, 0.717) is 41.8 Å². The molecule has 1 aliphatic heterocycles. The molecule has 1 aliphatic carbocycles. The van der Waals surface area contributed by atoms with Crippen molar-refractivity contribution in [3.8, 4) is 11.5 Å². The molecule has 2 aromatic carbocycles. The first-order valence-corrected chi connectivity index (χ1v) is 13.9. The number of carbonyl (C=O) groups excluding carboxylic acids is 1. The van der Waals surface area contributed by atoms with E-state index in [-0.39, 0.29) is 48.1 Å². The van der Waals surface area contributed by atoms with Gasteiger partial charge in [-0.1, -0.05) is 41.6 Å². The zero-order valence-corrected chi connectivity index (χ0v) is 22.9. The number of aliphatic imine (C=N–C) groups is 1. The van der Waals surface area contributed by atoms with Crippen molar-refractivity contribution in [2.24, 2.45) is 10.9 Å². The molecule has 1 amide bonds. The van der Waals surface area contributed by atoms with Crippen LogP contribution in [0.4, 0.5) is 23.2 Å². The van der Waals surface area contributed by atoms with Gasteiger partial charge in [0.2, 0.25) is 17.6 Å². The lowest BCUT2D eigenvalue weighted by molar-refractivity contribution is -0.139. The van der Waals surface area contributed by atoms with E-state index in [1.165, 1.54) is 0 Å². The van der Waals surface area contributed by atoms with Crippen LogP contribution in [0.5, 0.6) is 0 Å². The molecular formula is C30H30F4N6O2. The summed E-state index contributed by atoms with van der Waals surface area (Å²) in [6, 6.07) is 16.2. The zero-order chi connectivity index (χ0) is 29.4. The highest BCUT2D eigenvalue weighted by molar-refractivity contribution is 5.98. The maximum absolute atomic E-state index is 14.4. The van der Waals surface area contributed by atoms with E-state index < -0.39 is 18.9 Å². The summed E-state index contributed by atoms with van der Waals surface area (Å²) in [5.74, 6) is -0.0812. The van der Waals surface area contributed by atoms with Gasteiger partial charge in [0.25, 0.3) is 0 Å². The van der Waals surface area contributed by atoms with Gasteiger partial charge in [-0.3, -0.25) is 9.79 Å². The summed E-state index contributed by atoms with van der Waals surface area (Å²) in [5, 5.41) is 7.20. The van der Waals surface area contributed by atoms with Crippen LogP contribution in [0.15, 0.2) is 64.1 Å². The molecule has 0 spiro atoms. The summed E-state index contributed by atoms with van der Waals surface area (Å²) in [6.07, 6.45) is -4.10. The standard InChI is InChI=1S/C30H30F4N6O2/c1-39-11-10-20(12-19(31)16-39)36-24-8-5-9-25-23(24)14-26(40(25)17-30(32,33)34)28-37-27(42-38-28)15-35-29(41)22-13-21(22)18-6-3-2-4-7-18/h2-9,14,19,21-22H,10-13,15-17H2,1H3,(H,35,41)/t19-,21-,22+/m1/s1. The van der Waals surface area contributed by atoms with Crippen LogP contribution in [0.25, 0.3) is 22.4 Å². The molecule has 12 heteroatoms. The lowest BCUT2D eigenvalue weighted by Crippen LogP contribution is -2.25. The smallest absolute Gasteiger partial charge is 0.347 e. The number of alkyl halides is 4. The Bertz CT molecular complexity index is 1610.